The van der Waals surface area contributed by atoms with E-state index in [0.717, 1.165) is 51.6 Å². The molecule has 0 radical (unpaired) electrons. The third-order valence-corrected chi connectivity index (χ3v) is 17.7. The molecule has 0 N–H and O–H groups in total. The summed E-state index contributed by atoms with van der Waals surface area (Å²) in [5, 5.41) is 0. The zero-order chi connectivity index (χ0) is 42.9. The summed E-state index contributed by atoms with van der Waals surface area (Å²) in [7, 11) is -3.89. The fraction of sp³-hybridized carbons (Fsp3) is 0.0588. The van der Waals surface area contributed by atoms with Crippen molar-refractivity contribution in [3.63, 3.8) is 0 Å². The third kappa shape index (κ3) is 8.32. The van der Waals surface area contributed by atoms with Crippen LogP contribution in [0.1, 0.15) is 22.3 Å². The number of hydrogen-bond donors (Lipinski definition) is 0. The third-order valence-electron chi connectivity index (χ3n) is 10.4. The lowest BCUT2D eigenvalue weighted by Crippen LogP contribution is -1.99. The van der Waals surface area contributed by atoms with Gasteiger partial charge in [0.15, 0.2) is 0 Å². The smallest absolute Gasteiger partial charge is 0.124 e. The maximum Gasteiger partial charge on any atom is 0.124 e. The van der Waals surface area contributed by atoms with E-state index in [1.807, 2.05) is 0 Å². The van der Waals surface area contributed by atoms with Crippen LogP contribution in [0.4, 0.5) is 35.1 Å². The van der Waals surface area contributed by atoms with Crippen LogP contribution >= 0.6 is 55.2 Å². The number of rotatable bonds is 1. The van der Waals surface area contributed by atoms with Crippen molar-refractivity contribution in [1.29, 1.82) is 0 Å². The van der Waals surface area contributed by atoms with E-state index in [-0.39, 0.29) is 33.9 Å². The zero-order valence-corrected chi connectivity index (χ0v) is 36.8. The fourth-order valence-corrected chi connectivity index (χ4v) is 15.5. The maximum absolute atomic E-state index is 14.4. The second-order valence-electron chi connectivity index (χ2n) is 14.0. The summed E-state index contributed by atoms with van der Waals surface area (Å²) in [5.74, 6) is -3.13. The van der Waals surface area contributed by atoms with E-state index < -0.39 is 55.7 Å². The Bertz CT molecular complexity index is 2840. The van der Waals surface area contributed by atoms with Crippen LogP contribution in [0.2, 0.25) is 0 Å². The Morgan fingerprint density at radius 2 is 0.531 bits per heavy atom. The molecule has 1 nitrogen and oxygen atoms in total. The Morgan fingerprint density at radius 1 is 0.312 bits per heavy atom. The lowest BCUT2D eigenvalue weighted by atomic mass is 10.1. The molecule has 328 valence electrons. The first-order valence-electron chi connectivity index (χ1n) is 18.2. The van der Waals surface area contributed by atoms with Gasteiger partial charge in [-0.1, -0.05) is 70.8 Å². The quantitative estimate of drug-likeness (QED) is 0.118. The first kappa shape index (κ1) is 48.6. The average Bonchev–Trinajstić information content (AvgIpc) is 3.77. The van der Waals surface area contributed by atoms with Crippen molar-refractivity contribution >= 4 is 66.0 Å². The molecule has 0 fully saturated rings. The Labute approximate surface area is 397 Å². The highest BCUT2D eigenvalue weighted by Crippen LogP contribution is 2.85. The van der Waals surface area contributed by atoms with Crippen LogP contribution in [0.25, 0.3) is 44.5 Å². The maximum atomic E-state index is 14.4. The van der Waals surface area contributed by atoms with Crippen molar-refractivity contribution in [2.45, 2.75) is 51.7 Å². The van der Waals surface area contributed by atoms with Crippen LogP contribution in [-0.2, 0) is 10.8 Å². The molecule has 13 heteroatoms. The van der Waals surface area contributed by atoms with E-state index >= 15 is 0 Å². The summed E-state index contributed by atoms with van der Waals surface area (Å²) in [6.45, 7) is 0. The van der Waals surface area contributed by atoms with Gasteiger partial charge in [-0.05, 0) is 187 Å². The number of halogens is 10. The minimum Gasteiger partial charge on any atom is -0.249 e. The molecule has 3 heterocycles. The molecule has 0 aliphatic carbocycles. The van der Waals surface area contributed by atoms with Gasteiger partial charge in [0.25, 0.3) is 0 Å². The Balaban J connectivity index is 0.000000168. The Hall–Kier alpha value is -4.84. The SMILES string of the molecule is C.C.C.Fc1ccc(-c2ccc(F)cc2I)c(I)c1.Fc1ccc2c(c1)S1(c3cc(F)ccc3-2)c2cc(F)ccc2-c2ccc(F)cc21.O=S1c2cc(F)ccc2-c2ccc(F)cc21. The van der Waals surface area contributed by atoms with Crippen LogP contribution in [0, 0.1) is 53.7 Å². The molecule has 0 amide bonds. The van der Waals surface area contributed by atoms with Gasteiger partial charge < -0.3 is 0 Å². The van der Waals surface area contributed by atoms with Crippen LogP contribution < -0.4 is 0 Å². The molecule has 8 aromatic carbocycles. The van der Waals surface area contributed by atoms with Crippen molar-refractivity contribution in [3.8, 4) is 44.5 Å². The monoisotopic (exact) mass is 1130 g/mol. The standard InChI is InChI=1S/C24H12F4S.C12H6F2I2.C12H6F2OS.3CH4/c25-13-1-5-17-18-6-2-14(26)10-22(18)29(21(17)9-13)23-11-15(27)3-7-19(23)20-8-4-16(28)12-24(20)29;13-7-1-3-9(11(15)5-7)10-4-2-8(14)6-12(10)16;13-7-1-3-9-10-4-2-8(14)6-12(10)16(15)11(9)5-7;;;/h1-12H;2*1-6H;3*1H4. The minimum atomic E-state index is -2.41. The number of hydrogen-bond acceptors (Lipinski definition) is 1. The molecule has 0 atom stereocenters. The van der Waals surface area contributed by atoms with Crippen LogP contribution in [-0.4, -0.2) is 4.21 Å². The molecule has 3 aliphatic heterocycles. The molecule has 1 spiro atoms. The number of fused-ring (bicyclic) bond motifs is 13. The molecular formula is C51H36F8I2OS2. The molecule has 0 bridgehead atoms. The lowest BCUT2D eigenvalue weighted by Gasteiger charge is -2.36. The van der Waals surface area contributed by atoms with E-state index in [0.29, 0.717) is 29.4 Å². The van der Waals surface area contributed by atoms with E-state index in [1.54, 1.807) is 48.5 Å². The highest BCUT2D eigenvalue weighted by atomic mass is 127. The van der Waals surface area contributed by atoms with Gasteiger partial charge in [-0.25, -0.2) is 39.3 Å². The molecule has 0 aromatic heterocycles. The van der Waals surface area contributed by atoms with Gasteiger partial charge in [-0.2, -0.15) is 0 Å². The largest absolute Gasteiger partial charge is 0.249 e. The Morgan fingerprint density at radius 3 is 0.797 bits per heavy atom. The predicted octanol–water partition coefficient (Wildman–Crippen LogP) is 17.4. The van der Waals surface area contributed by atoms with Crippen molar-refractivity contribution in [3.05, 3.63) is 199 Å². The first-order valence-corrected chi connectivity index (χ1v) is 23.1. The summed E-state index contributed by atoms with van der Waals surface area (Å²) in [6, 6.07) is 35.3. The molecule has 11 rings (SSSR count). The fourth-order valence-electron chi connectivity index (χ4n) is 7.88. The van der Waals surface area contributed by atoms with Gasteiger partial charge in [-0.3, -0.25) is 0 Å². The second-order valence-corrected chi connectivity index (χ2v) is 20.7. The minimum absolute atomic E-state index is 0. The summed E-state index contributed by atoms with van der Waals surface area (Å²) >= 11 is 4.16. The van der Waals surface area contributed by atoms with Gasteiger partial charge in [0.05, 0.1) is 20.6 Å². The average molecular weight is 1130 g/mol. The van der Waals surface area contributed by atoms with Crippen LogP contribution in [0.5, 0.6) is 0 Å². The summed E-state index contributed by atoms with van der Waals surface area (Å²) < 4.78 is 123. The van der Waals surface area contributed by atoms with E-state index in [9.17, 15) is 39.3 Å². The highest BCUT2D eigenvalue weighted by molar-refractivity contribution is 14.1. The van der Waals surface area contributed by atoms with Crippen molar-refractivity contribution in [2.24, 2.45) is 0 Å². The molecule has 3 aliphatic rings. The molecule has 64 heavy (non-hydrogen) atoms. The van der Waals surface area contributed by atoms with E-state index in [1.165, 1.54) is 97.1 Å². The van der Waals surface area contributed by atoms with Crippen molar-refractivity contribution < 1.29 is 39.3 Å². The highest BCUT2D eigenvalue weighted by Gasteiger charge is 2.48. The Kier molecular flexibility index (Phi) is 14.4. The summed E-state index contributed by atoms with van der Waals surface area (Å²) in [5.41, 5.74) is 6.35. The summed E-state index contributed by atoms with van der Waals surface area (Å²) in [4.78, 5) is 3.42. The van der Waals surface area contributed by atoms with Crippen molar-refractivity contribution in [1.82, 2.24) is 0 Å². The van der Waals surface area contributed by atoms with Gasteiger partial charge in [0.2, 0.25) is 0 Å². The topological polar surface area (TPSA) is 17.1 Å². The second kappa shape index (κ2) is 18.9. The molecule has 0 saturated carbocycles. The van der Waals surface area contributed by atoms with Gasteiger partial charge in [-0.15, -0.1) is 10.0 Å². The van der Waals surface area contributed by atoms with E-state index in [4.69, 9.17) is 0 Å². The van der Waals surface area contributed by atoms with Gasteiger partial charge >= 0.3 is 0 Å². The zero-order valence-electron chi connectivity index (χ0n) is 30.9. The number of benzene rings is 8. The predicted molar refractivity (Wildman–Crippen MR) is 258 cm³/mol. The van der Waals surface area contributed by atoms with Crippen LogP contribution in [0.3, 0.4) is 0 Å². The molecule has 0 unspecified atom stereocenters. The van der Waals surface area contributed by atoms with Crippen LogP contribution in [0.15, 0.2) is 175 Å². The van der Waals surface area contributed by atoms with Gasteiger partial charge in [0.1, 0.15) is 46.5 Å². The van der Waals surface area contributed by atoms with E-state index in [2.05, 4.69) is 45.2 Å². The molecule has 0 saturated heterocycles. The molecular weight excluding hydrogens is 1100 g/mol. The summed E-state index contributed by atoms with van der Waals surface area (Å²) in [6.07, 6.45) is 0. The van der Waals surface area contributed by atoms with Gasteiger partial charge in [0, 0.05) is 26.7 Å². The molecule has 8 aromatic rings. The van der Waals surface area contributed by atoms with Crippen molar-refractivity contribution in [2.75, 3.05) is 0 Å². The normalized spacial score (nSPS) is 13.1. The first-order chi connectivity index (χ1) is 29.2. The lowest BCUT2D eigenvalue weighted by molar-refractivity contribution is 0.622.